The standard InChI is InChI=1S/C12H15F2NO2/c1-7-5-10(14)11(6-9(7)13)15-8(2)3-4-12(16)17/h5-6,8,15H,3-4H2,1-2H3,(H,16,17). The molecule has 2 N–H and O–H groups in total. The van der Waals surface area contributed by atoms with Gasteiger partial charge < -0.3 is 10.4 Å². The first-order chi connectivity index (χ1) is 7.90. The Morgan fingerprint density at radius 1 is 1.41 bits per heavy atom. The normalized spacial score (nSPS) is 12.2. The van der Waals surface area contributed by atoms with Gasteiger partial charge >= 0.3 is 5.97 Å². The van der Waals surface area contributed by atoms with Gasteiger partial charge in [-0.15, -0.1) is 0 Å². The van der Waals surface area contributed by atoms with Crippen LogP contribution in [0, 0.1) is 18.6 Å². The number of carbonyl (C=O) groups is 1. The van der Waals surface area contributed by atoms with Crippen LogP contribution in [0.25, 0.3) is 0 Å². The summed E-state index contributed by atoms with van der Waals surface area (Å²) in [5, 5.41) is 11.3. The highest BCUT2D eigenvalue weighted by atomic mass is 19.1. The first-order valence-corrected chi connectivity index (χ1v) is 5.34. The van der Waals surface area contributed by atoms with Gasteiger partial charge in [-0.25, -0.2) is 8.78 Å². The van der Waals surface area contributed by atoms with Gasteiger partial charge in [0.1, 0.15) is 11.6 Å². The molecular formula is C12H15F2NO2. The lowest BCUT2D eigenvalue weighted by Crippen LogP contribution is -2.17. The smallest absolute Gasteiger partial charge is 0.303 e. The number of aliphatic carboxylic acids is 1. The summed E-state index contributed by atoms with van der Waals surface area (Å²) < 4.78 is 26.7. The highest BCUT2D eigenvalue weighted by Gasteiger charge is 2.10. The van der Waals surface area contributed by atoms with Gasteiger partial charge in [-0.05, 0) is 31.9 Å². The summed E-state index contributed by atoms with van der Waals surface area (Å²) in [6, 6.07) is 1.96. The van der Waals surface area contributed by atoms with Crippen molar-refractivity contribution >= 4 is 11.7 Å². The van der Waals surface area contributed by atoms with Crippen LogP contribution in [-0.2, 0) is 4.79 Å². The fourth-order valence-corrected chi connectivity index (χ4v) is 1.43. The molecule has 0 aliphatic carbocycles. The van der Waals surface area contributed by atoms with Crippen molar-refractivity contribution < 1.29 is 18.7 Å². The van der Waals surface area contributed by atoms with Gasteiger partial charge in [-0.2, -0.15) is 0 Å². The van der Waals surface area contributed by atoms with E-state index in [1.54, 1.807) is 6.92 Å². The number of anilines is 1. The van der Waals surface area contributed by atoms with Gasteiger partial charge in [-0.1, -0.05) is 0 Å². The van der Waals surface area contributed by atoms with Crippen molar-refractivity contribution in [1.82, 2.24) is 0 Å². The molecule has 1 rings (SSSR count). The van der Waals surface area contributed by atoms with Crippen molar-refractivity contribution in [3.05, 3.63) is 29.3 Å². The zero-order valence-electron chi connectivity index (χ0n) is 9.76. The maximum atomic E-state index is 13.4. The van der Waals surface area contributed by atoms with Crippen molar-refractivity contribution in [3.8, 4) is 0 Å². The molecule has 17 heavy (non-hydrogen) atoms. The molecule has 0 radical (unpaired) electrons. The van der Waals surface area contributed by atoms with Crippen molar-refractivity contribution in [1.29, 1.82) is 0 Å². The molecule has 0 bridgehead atoms. The zero-order chi connectivity index (χ0) is 13.0. The molecule has 0 aliphatic rings. The minimum Gasteiger partial charge on any atom is -0.481 e. The quantitative estimate of drug-likeness (QED) is 0.835. The van der Waals surface area contributed by atoms with E-state index in [1.165, 1.54) is 6.92 Å². The van der Waals surface area contributed by atoms with E-state index in [0.29, 0.717) is 6.42 Å². The highest BCUT2D eigenvalue weighted by molar-refractivity contribution is 5.66. The van der Waals surface area contributed by atoms with Crippen LogP contribution in [0.4, 0.5) is 14.5 Å². The lowest BCUT2D eigenvalue weighted by molar-refractivity contribution is -0.137. The van der Waals surface area contributed by atoms with Crippen LogP contribution in [0.3, 0.4) is 0 Å². The Bertz CT molecular complexity index is 421. The molecule has 0 fully saturated rings. The summed E-state index contributed by atoms with van der Waals surface area (Å²) in [6.07, 6.45) is 0.342. The van der Waals surface area contributed by atoms with Crippen LogP contribution in [0.2, 0.25) is 0 Å². The highest BCUT2D eigenvalue weighted by Crippen LogP contribution is 2.20. The lowest BCUT2D eigenvalue weighted by atomic mass is 10.1. The van der Waals surface area contributed by atoms with Gasteiger partial charge in [0.25, 0.3) is 0 Å². The molecule has 0 spiro atoms. The maximum Gasteiger partial charge on any atom is 0.303 e. The Kier molecular flexibility index (Phi) is 4.43. The molecule has 5 heteroatoms. The Morgan fingerprint density at radius 3 is 2.65 bits per heavy atom. The molecule has 0 saturated heterocycles. The number of hydrogen-bond donors (Lipinski definition) is 2. The van der Waals surface area contributed by atoms with E-state index in [-0.39, 0.29) is 23.7 Å². The third-order valence-corrected chi connectivity index (χ3v) is 2.44. The topological polar surface area (TPSA) is 49.3 Å². The number of benzene rings is 1. The second-order valence-electron chi connectivity index (χ2n) is 4.06. The van der Waals surface area contributed by atoms with Crippen LogP contribution in [0.1, 0.15) is 25.3 Å². The second-order valence-corrected chi connectivity index (χ2v) is 4.06. The Hall–Kier alpha value is -1.65. The summed E-state index contributed by atoms with van der Waals surface area (Å²) in [7, 11) is 0. The van der Waals surface area contributed by atoms with Crippen LogP contribution < -0.4 is 5.32 Å². The number of halogens is 2. The van der Waals surface area contributed by atoms with E-state index in [4.69, 9.17) is 5.11 Å². The fourth-order valence-electron chi connectivity index (χ4n) is 1.43. The van der Waals surface area contributed by atoms with Gasteiger partial charge in [-0.3, -0.25) is 4.79 Å². The third kappa shape index (κ3) is 4.01. The van der Waals surface area contributed by atoms with Gasteiger partial charge in [0, 0.05) is 18.5 Å². The molecule has 0 amide bonds. The van der Waals surface area contributed by atoms with Crippen LogP contribution in [0.5, 0.6) is 0 Å². The minimum atomic E-state index is -0.908. The predicted molar refractivity (Wildman–Crippen MR) is 61.0 cm³/mol. The average molecular weight is 243 g/mol. The van der Waals surface area contributed by atoms with E-state index >= 15 is 0 Å². The molecule has 0 saturated carbocycles. The van der Waals surface area contributed by atoms with E-state index in [2.05, 4.69) is 5.32 Å². The summed E-state index contributed by atoms with van der Waals surface area (Å²) in [4.78, 5) is 10.4. The van der Waals surface area contributed by atoms with Crippen LogP contribution in [-0.4, -0.2) is 17.1 Å². The Balaban J connectivity index is 2.68. The predicted octanol–water partition coefficient (Wildman–Crippen LogP) is 2.94. The molecule has 1 atom stereocenters. The monoisotopic (exact) mass is 243 g/mol. The zero-order valence-corrected chi connectivity index (χ0v) is 9.76. The third-order valence-electron chi connectivity index (χ3n) is 2.44. The Morgan fingerprint density at radius 2 is 2.06 bits per heavy atom. The number of aryl methyl sites for hydroxylation is 1. The lowest BCUT2D eigenvalue weighted by Gasteiger charge is -2.15. The fraction of sp³-hybridized carbons (Fsp3) is 0.417. The summed E-state index contributed by atoms with van der Waals surface area (Å²) in [6.45, 7) is 3.20. The molecule has 0 aliphatic heterocycles. The first kappa shape index (κ1) is 13.4. The average Bonchev–Trinajstić information content (AvgIpc) is 2.23. The molecule has 1 unspecified atom stereocenters. The maximum absolute atomic E-state index is 13.4. The summed E-state index contributed by atoms with van der Waals surface area (Å²) in [5.41, 5.74) is 0.303. The van der Waals surface area contributed by atoms with E-state index < -0.39 is 17.6 Å². The number of nitrogens with one attached hydrogen (secondary N) is 1. The number of carboxylic acids is 1. The van der Waals surface area contributed by atoms with Crippen LogP contribution in [0.15, 0.2) is 12.1 Å². The minimum absolute atomic E-state index is 0.00979. The number of rotatable bonds is 5. The van der Waals surface area contributed by atoms with Gasteiger partial charge in [0.15, 0.2) is 0 Å². The molecule has 1 aromatic rings. The summed E-state index contributed by atoms with van der Waals surface area (Å²) >= 11 is 0. The number of hydrogen-bond acceptors (Lipinski definition) is 2. The molecule has 94 valence electrons. The van der Waals surface area contributed by atoms with Crippen LogP contribution >= 0.6 is 0 Å². The summed E-state index contributed by atoms with van der Waals surface area (Å²) in [5.74, 6) is -1.93. The molecule has 0 aromatic heterocycles. The van der Waals surface area contributed by atoms with Crippen molar-refractivity contribution in [2.45, 2.75) is 32.7 Å². The van der Waals surface area contributed by atoms with E-state index in [9.17, 15) is 13.6 Å². The van der Waals surface area contributed by atoms with E-state index in [0.717, 1.165) is 12.1 Å². The van der Waals surface area contributed by atoms with E-state index in [1.807, 2.05) is 0 Å². The molecule has 1 aromatic carbocycles. The van der Waals surface area contributed by atoms with Crippen molar-refractivity contribution in [2.75, 3.05) is 5.32 Å². The first-order valence-electron chi connectivity index (χ1n) is 5.34. The molecule has 3 nitrogen and oxygen atoms in total. The van der Waals surface area contributed by atoms with Crippen molar-refractivity contribution in [3.63, 3.8) is 0 Å². The van der Waals surface area contributed by atoms with Crippen molar-refractivity contribution in [2.24, 2.45) is 0 Å². The largest absolute Gasteiger partial charge is 0.481 e. The Labute approximate surface area is 98.5 Å². The number of carboxylic acid groups (broad SMARTS) is 1. The molecular weight excluding hydrogens is 228 g/mol. The van der Waals surface area contributed by atoms with Gasteiger partial charge in [0.05, 0.1) is 5.69 Å². The van der Waals surface area contributed by atoms with Gasteiger partial charge in [0.2, 0.25) is 0 Å². The molecule has 0 heterocycles. The second kappa shape index (κ2) is 5.61. The SMILES string of the molecule is Cc1cc(F)c(NC(C)CCC(=O)O)cc1F.